The first kappa shape index (κ1) is 14.6. The van der Waals surface area contributed by atoms with Crippen LogP contribution in [0.5, 0.6) is 0 Å². The van der Waals surface area contributed by atoms with Crippen molar-refractivity contribution in [3.05, 3.63) is 59.7 Å². The van der Waals surface area contributed by atoms with Crippen molar-refractivity contribution < 1.29 is 14.0 Å². The molecule has 2 amide bonds. The summed E-state index contributed by atoms with van der Waals surface area (Å²) in [5.41, 5.74) is 1.38. The predicted octanol–water partition coefficient (Wildman–Crippen LogP) is 1.76. The number of benzene rings is 1. The Balaban J connectivity index is 2.03. The first-order chi connectivity index (χ1) is 10.1. The fourth-order valence-electron chi connectivity index (χ4n) is 1.71. The lowest BCUT2D eigenvalue weighted by Crippen LogP contribution is -2.19. The summed E-state index contributed by atoms with van der Waals surface area (Å²) in [5, 5.41) is 5.15. The van der Waals surface area contributed by atoms with E-state index in [1.54, 1.807) is 31.3 Å². The van der Waals surface area contributed by atoms with Crippen molar-refractivity contribution in [1.82, 2.24) is 10.3 Å². The SMILES string of the molecule is CNC(=O)Cc1ccc(NC(=O)c2cccc(F)n2)cc1. The molecule has 0 aliphatic carbocycles. The Labute approximate surface area is 121 Å². The highest BCUT2D eigenvalue weighted by Gasteiger charge is 2.08. The number of likely N-dealkylation sites (N-methyl/N-ethyl adjacent to an activating group) is 1. The van der Waals surface area contributed by atoms with Crippen LogP contribution in [0.25, 0.3) is 0 Å². The van der Waals surface area contributed by atoms with E-state index in [0.29, 0.717) is 5.69 Å². The third-order valence-corrected chi connectivity index (χ3v) is 2.80. The summed E-state index contributed by atoms with van der Waals surface area (Å²) in [6, 6.07) is 10.9. The Hall–Kier alpha value is -2.76. The van der Waals surface area contributed by atoms with Gasteiger partial charge in [-0.1, -0.05) is 18.2 Å². The maximum atomic E-state index is 12.9. The van der Waals surface area contributed by atoms with Crippen molar-refractivity contribution in [2.45, 2.75) is 6.42 Å². The molecule has 0 unspecified atom stereocenters. The second kappa shape index (κ2) is 6.60. The van der Waals surface area contributed by atoms with Gasteiger partial charge in [-0.05, 0) is 29.8 Å². The van der Waals surface area contributed by atoms with E-state index >= 15 is 0 Å². The predicted molar refractivity (Wildman–Crippen MR) is 76.4 cm³/mol. The normalized spacial score (nSPS) is 10.0. The van der Waals surface area contributed by atoms with Crippen LogP contribution < -0.4 is 10.6 Å². The second-order valence-corrected chi connectivity index (χ2v) is 4.35. The van der Waals surface area contributed by atoms with Crippen LogP contribution >= 0.6 is 0 Å². The highest BCUT2D eigenvalue weighted by Crippen LogP contribution is 2.11. The zero-order valence-corrected chi connectivity index (χ0v) is 11.4. The number of nitrogens with zero attached hydrogens (tertiary/aromatic N) is 1. The van der Waals surface area contributed by atoms with Gasteiger partial charge in [0.1, 0.15) is 5.69 Å². The van der Waals surface area contributed by atoms with Crippen molar-refractivity contribution in [1.29, 1.82) is 0 Å². The van der Waals surface area contributed by atoms with Gasteiger partial charge >= 0.3 is 0 Å². The zero-order chi connectivity index (χ0) is 15.2. The molecule has 0 bridgehead atoms. The summed E-state index contributed by atoms with van der Waals surface area (Å²) in [6.07, 6.45) is 0.274. The van der Waals surface area contributed by atoms with Gasteiger partial charge in [0.05, 0.1) is 6.42 Å². The Morgan fingerprint density at radius 3 is 2.48 bits per heavy atom. The largest absolute Gasteiger partial charge is 0.359 e. The molecule has 0 saturated carbocycles. The summed E-state index contributed by atoms with van der Waals surface area (Å²) >= 11 is 0. The van der Waals surface area contributed by atoms with Crippen LogP contribution in [0.4, 0.5) is 10.1 Å². The van der Waals surface area contributed by atoms with Gasteiger partial charge in [-0.25, -0.2) is 4.98 Å². The molecule has 6 heteroatoms. The lowest BCUT2D eigenvalue weighted by molar-refractivity contribution is -0.119. The molecule has 0 atom stereocenters. The molecule has 2 rings (SSSR count). The highest BCUT2D eigenvalue weighted by molar-refractivity contribution is 6.02. The molecule has 108 valence electrons. The molecule has 1 aromatic heterocycles. The number of hydrogen-bond donors (Lipinski definition) is 2. The third-order valence-electron chi connectivity index (χ3n) is 2.80. The zero-order valence-electron chi connectivity index (χ0n) is 11.4. The van der Waals surface area contributed by atoms with Crippen molar-refractivity contribution in [3.63, 3.8) is 0 Å². The molecule has 0 aliphatic heterocycles. The van der Waals surface area contributed by atoms with Crippen molar-refractivity contribution >= 4 is 17.5 Å². The molecule has 2 N–H and O–H groups in total. The summed E-state index contributed by atoms with van der Waals surface area (Å²) in [5.74, 6) is -1.28. The number of amides is 2. The average Bonchev–Trinajstić information content (AvgIpc) is 2.49. The van der Waals surface area contributed by atoms with Crippen LogP contribution in [0.15, 0.2) is 42.5 Å². The molecule has 5 nitrogen and oxygen atoms in total. The van der Waals surface area contributed by atoms with Crippen molar-refractivity contribution in [2.24, 2.45) is 0 Å². The van der Waals surface area contributed by atoms with Gasteiger partial charge in [0.15, 0.2) is 0 Å². The van der Waals surface area contributed by atoms with Gasteiger partial charge in [-0.2, -0.15) is 4.39 Å². The van der Waals surface area contributed by atoms with E-state index in [2.05, 4.69) is 15.6 Å². The number of hydrogen-bond acceptors (Lipinski definition) is 3. The molecule has 0 radical (unpaired) electrons. The van der Waals surface area contributed by atoms with E-state index in [1.807, 2.05) is 0 Å². The first-order valence-corrected chi connectivity index (χ1v) is 6.32. The van der Waals surface area contributed by atoms with Gasteiger partial charge in [0, 0.05) is 12.7 Å². The number of rotatable bonds is 4. The number of carbonyl (C=O) groups is 2. The fourth-order valence-corrected chi connectivity index (χ4v) is 1.71. The number of aromatic nitrogens is 1. The van der Waals surface area contributed by atoms with E-state index in [-0.39, 0.29) is 18.0 Å². The van der Waals surface area contributed by atoms with Gasteiger partial charge in [-0.3, -0.25) is 9.59 Å². The van der Waals surface area contributed by atoms with Crippen LogP contribution in [0.1, 0.15) is 16.1 Å². The van der Waals surface area contributed by atoms with Crippen molar-refractivity contribution in [2.75, 3.05) is 12.4 Å². The third kappa shape index (κ3) is 4.10. The van der Waals surface area contributed by atoms with Gasteiger partial charge in [0.2, 0.25) is 11.9 Å². The molecule has 0 saturated heterocycles. The van der Waals surface area contributed by atoms with Crippen LogP contribution in [0.3, 0.4) is 0 Å². The molecule has 1 aromatic carbocycles. The number of halogens is 1. The summed E-state index contributed by atoms with van der Waals surface area (Å²) in [4.78, 5) is 26.6. The standard InChI is InChI=1S/C15H14FN3O2/c1-17-14(20)9-10-5-7-11(8-6-10)18-15(21)12-3-2-4-13(16)19-12/h2-8H,9H2,1H3,(H,17,20)(H,18,21). The fraction of sp³-hybridized carbons (Fsp3) is 0.133. The summed E-state index contributed by atoms with van der Waals surface area (Å²) in [7, 11) is 1.57. The molecule has 1 heterocycles. The first-order valence-electron chi connectivity index (χ1n) is 6.32. The van der Waals surface area contributed by atoms with Gasteiger partial charge in [0.25, 0.3) is 5.91 Å². The van der Waals surface area contributed by atoms with Crippen LogP contribution in [-0.2, 0) is 11.2 Å². The van der Waals surface area contributed by atoms with Crippen molar-refractivity contribution in [3.8, 4) is 0 Å². The minimum absolute atomic E-state index is 0.00411. The van der Waals surface area contributed by atoms with Crippen LogP contribution in [-0.4, -0.2) is 23.8 Å². The quantitative estimate of drug-likeness (QED) is 0.842. The van der Waals surface area contributed by atoms with Crippen LogP contribution in [0, 0.1) is 5.95 Å². The molecular weight excluding hydrogens is 273 g/mol. The Bertz CT molecular complexity index is 656. The number of carbonyl (C=O) groups excluding carboxylic acids is 2. The Morgan fingerprint density at radius 1 is 1.14 bits per heavy atom. The maximum absolute atomic E-state index is 12.9. The van der Waals surface area contributed by atoms with E-state index in [0.717, 1.165) is 5.56 Å². The van der Waals surface area contributed by atoms with E-state index in [1.165, 1.54) is 18.2 Å². The molecule has 0 aliphatic rings. The molecular formula is C15H14FN3O2. The molecule has 2 aromatic rings. The summed E-state index contributed by atoms with van der Waals surface area (Å²) < 4.78 is 12.9. The molecule has 0 spiro atoms. The Kier molecular flexibility index (Phi) is 4.61. The van der Waals surface area contributed by atoms with E-state index in [4.69, 9.17) is 0 Å². The summed E-state index contributed by atoms with van der Waals surface area (Å²) in [6.45, 7) is 0. The number of nitrogens with one attached hydrogen (secondary N) is 2. The topological polar surface area (TPSA) is 71.1 Å². The highest BCUT2D eigenvalue weighted by atomic mass is 19.1. The smallest absolute Gasteiger partial charge is 0.274 e. The number of anilines is 1. The van der Waals surface area contributed by atoms with Gasteiger partial charge < -0.3 is 10.6 Å². The molecule has 0 fully saturated rings. The number of pyridine rings is 1. The van der Waals surface area contributed by atoms with E-state index in [9.17, 15) is 14.0 Å². The van der Waals surface area contributed by atoms with Gasteiger partial charge in [-0.15, -0.1) is 0 Å². The molecule has 21 heavy (non-hydrogen) atoms. The minimum atomic E-state index is -0.705. The maximum Gasteiger partial charge on any atom is 0.274 e. The van der Waals surface area contributed by atoms with Crippen LogP contribution in [0.2, 0.25) is 0 Å². The Morgan fingerprint density at radius 2 is 1.86 bits per heavy atom. The monoisotopic (exact) mass is 287 g/mol. The minimum Gasteiger partial charge on any atom is -0.359 e. The second-order valence-electron chi connectivity index (χ2n) is 4.35. The lowest BCUT2D eigenvalue weighted by Gasteiger charge is -2.06. The lowest BCUT2D eigenvalue weighted by atomic mass is 10.1. The van der Waals surface area contributed by atoms with E-state index < -0.39 is 11.9 Å². The average molecular weight is 287 g/mol.